The Balaban J connectivity index is 2.01. The summed E-state index contributed by atoms with van der Waals surface area (Å²) >= 11 is 9.33. The van der Waals surface area contributed by atoms with Crippen LogP contribution in [0.1, 0.15) is 18.1 Å². The van der Waals surface area contributed by atoms with Gasteiger partial charge in [0.05, 0.1) is 24.9 Å². The van der Waals surface area contributed by atoms with Crippen LogP contribution >= 0.6 is 27.5 Å². The molecule has 0 spiro atoms. The van der Waals surface area contributed by atoms with Crippen molar-refractivity contribution in [1.29, 1.82) is 0 Å². The summed E-state index contributed by atoms with van der Waals surface area (Å²) in [6.45, 7) is 3.50. The van der Waals surface area contributed by atoms with Crippen molar-refractivity contribution < 1.29 is 19.0 Å². The molecule has 1 amide bonds. The smallest absolute Gasteiger partial charge is 0.280 e. The zero-order valence-electron chi connectivity index (χ0n) is 15.4. The van der Waals surface area contributed by atoms with Crippen molar-refractivity contribution in [2.24, 2.45) is 5.10 Å². The molecule has 0 aliphatic carbocycles. The van der Waals surface area contributed by atoms with Crippen LogP contribution in [0.3, 0.4) is 0 Å². The topological polar surface area (TPSA) is 69.2 Å². The Morgan fingerprint density at radius 2 is 1.96 bits per heavy atom. The van der Waals surface area contributed by atoms with Crippen LogP contribution in [0.15, 0.2) is 39.9 Å². The number of halogens is 2. The highest BCUT2D eigenvalue weighted by atomic mass is 79.9. The Kier molecular flexibility index (Phi) is 7.50. The van der Waals surface area contributed by atoms with Crippen molar-refractivity contribution in [2.45, 2.75) is 20.0 Å². The van der Waals surface area contributed by atoms with E-state index in [1.807, 2.05) is 6.92 Å². The van der Waals surface area contributed by atoms with E-state index in [1.165, 1.54) is 6.21 Å². The van der Waals surface area contributed by atoms with Crippen molar-refractivity contribution in [3.63, 3.8) is 0 Å². The van der Waals surface area contributed by atoms with Gasteiger partial charge in [0, 0.05) is 5.02 Å². The van der Waals surface area contributed by atoms with Crippen molar-refractivity contribution in [3.05, 3.63) is 51.0 Å². The first kappa shape index (κ1) is 21.1. The number of methoxy groups -OCH3 is 2. The third-order valence-corrected chi connectivity index (χ3v) is 4.48. The lowest BCUT2D eigenvalue weighted by atomic mass is 10.2. The molecule has 0 fully saturated rings. The number of hydrazone groups is 1. The maximum atomic E-state index is 12.2. The van der Waals surface area contributed by atoms with Gasteiger partial charge in [0.25, 0.3) is 5.91 Å². The predicted octanol–water partition coefficient (Wildman–Crippen LogP) is 4.35. The molecule has 144 valence electrons. The Morgan fingerprint density at radius 1 is 1.22 bits per heavy atom. The molecule has 1 N–H and O–H groups in total. The first-order valence-electron chi connectivity index (χ1n) is 8.03. The summed E-state index contributed by atoms with van der Waals surface area (Å²) in [6, 6.07) is 8.76. The molecule has 2 rings (SSSR count). The maximum Gasteiger partial charge on any atom is 0.280 e. The van der Waals surface area contributed by atoms with Gasteiger partial charge in [0.2, 0.25) is 0 Å². The fourth-order valence-electron chi connectivity index (χ4n) is 2.26. The Labute approximate surface area is 171 Å². The van der Waals surface area contributed by atoms with Crippen molar-refractivity contribution >= 4 is 39.7 Å². The van der Waals surface area contributed by atoms with Gasteiger partial charge >= 0.3 is 0 Å². The number of benzene rings is 2. The second-order valence-corrected chi connectivity index (χ2v) is 6.93. The molecular weight excluding hydrogens is 436 g/mol. The van der Waals surface area contributed by atoms with Crippen LogP contribution < -0.4 is 19.6 Å². The summed E-state index contributed by atoms with van der Waals surface area (Å²) < 4.78 is 16.9. The number of aryl methyl sites for hydroxylation is 1. The summed E-state index contributed by atoms with van der Waals surface area (Å²) in [5.41, 5.74) is 4.03. The Morgan fingerprint density at radius 3 is 2.59 bits per heavy atom. The molecule has 2 aromatic rings. The quantitative estimate of drug-likeness (QED) is 0.498. The second-order valence-electron chi connectivity index (χ2n) is 5.64. The van der Waals surface area contributed by atoms with E-state index in [1.54, 1.807) is 51.5 Å². The normalized spacial score (nSPS) is 11.9. The van der Waals surface area contributed by atoms with Crippen LogP contribution in [-0.4, -0.2) is 32.4 Å². The fourth-order valence-corrected chi connectivity index (χ4v) is 3.11. The summed E-state index contributed by atoms with van der Waals surface area (Å²) in [7, 11) is 3.10. The molecule has 0 aliphatic heterocycles. The van der Waals surface area contributed by atoms with Gasteiger partial charge < -0.3 is 14.2 Å². The standard InChI is InChI=1S/C19H20BrClN2O4/c1-11-7-14(21)5-6-16(11)27-12(2)19(24)23-22-10-13-8-15(20)18(26-4)17(9-13)25-3/h5-10,12H,1-4H3,(H,23,24)/b22-10+. The average Bonchev–Trinajstić information content (AvgIpc) is 2.63. The number of hydrogen-bond acceptors (Lipinski definition) is 5. The van der Waals surface area contributed by atoms with Gasteiger partial charge in [0.15, 0.2) is 17.6 Å². The van der Waals surface area contributed by atoms with Crippen molar-refractivity contribution in [1.82, 2.24) is 5.43 Å². The van der Waals surface area contributed by atoms with Crippen molar-refractivity contribution in [2.75, 3.05) is 14.2 Å². The van der Waals surface area contributed by atoms with Gasteiger partial charge in [-0.05, 0) is 71.2 Å². The first-order chi connectivity index (χ1) is 12.8. The van der Waals surface area contributed by atoms with E-state index in [0.717, 1.165) is 11.1 Å². The Hall–Kier alpha value is -2.25. The highest BCUT2D eigenvalue weighted by Gasteiger charge is 2.15. The van der Waals surface area contributed by atoms with Gasteiger partial charge in [-0.1, -0.05) is 11.6 Å². The monoisotopic (exact) mass is 454 g/mol. The minimum absolute atomic E-state index is 0.375. The molecule has 6 nitrogen and oxygen atoms in total. The molecule has 0 aromatic heterocycles. The molecule has 0 saturated carbocycles. The number of carbonyl (C=O) groups is 1. The molecule has 0 saturated heterocycles. The predicted molar refractivity (Wildman–Crippen MR) is 109 cm³/mol. The lowest BCUT2D eigenvalue weighted by Crippen LogP contribution is -2.33. The fraction of sp³-hybridized carbons (Fsp3) is 0.263. The van der Waals surface area contributed by atoms with Crippen LogP contribution in [0, 0.1) is 6.92 Å². The largest absolute Gasteiger partial charge is 0.493 e. The molecule has 2 aromatic carbocycles. The highest BCUT2D eigenvalue weighted by Crippen LogP contribution is 2.35. The van der Waals surface area contributed by atoms with E-state index < -0.39 is 6.10 Å². The first-order valence-corrected chi connectivity index (χ1v) is 9.20. The van der Waals surface area contributed by atoms with Crippen molar-refractivity contribution in [3.8, 4) is 17.2 Å². The molecule has 0 heterocycles. The van der Waals surface area contributed by atoms with Crippen LogP contribution in [0.4, 0.5) is 0 Å². The number of carbonyl (C=O) groups excluding carboxylic acids is 1. The lowest BCUT2D eigenvalue weighted by Gasteiger charge is -2.15. The van der Waals surface area contributed by atoms with E-state index in [0.29, 0.717) is 26.7 Å². The number of amides is 1. The number of ether oxygens (including phenoxy) is 3. The van der Waals surface area contributed by atoms with E-state index in [-0.39, 0.29) is 5.91 Å². The molecule has 0 aliphatic rings. The highest BCUT2D eigenvalue weighted by molar-refractivity contribution is 9.10. The van der Waals surface area contributed by atoms with E-state index in [2.05, 4.69) is 26.5 Å². The minimum Gasteiger partial charge on any atom is -0.493 e. The van der Waals surface area contributed by atoms with Gasteiger partial charge in [-0.15, -0.1) is 0 Å². The van der Waals surface area contributed by atoms with E-state index in [9.17, 15) is 4.79 Å². The van der Waals surface area contributed by atoms with Crippen LogP contribution in [0.25, 0.3) is 0 Å². The minimum atomic E-state index is -0.723. The van der Waals surface area contributed by atoms with Crippen LogP contribution in [0.5, 0.6) is 17.2 Å². The molecule has 27 heavy (non-hydrogen) atoms. The third-order valence-electron chi connectivity index (χ3n) is 3.65. The van der Waals surface area contributed by atoms with Crippen LogP contribution in [0.2, 0.25) is 5.02 Å². The SMILES string of the molecule is COc1cc(/C=N/NC(=O)C(C)Oc2ccc(Cl)cc2C)cc(Br)c1OC. The van der Waals surface area contributed by atoms with E-state index in [4.69, 9.17) is 25.8 Å². The van der Waals surface area contributed by atoms with Gasteiger partial charge in [0.1, 0.15) is 5.75 Å². The molecule has 0 radical (unpaired) electrons. The summed E-state index contributed by atoms with van der Waals surface area (Å²) in [5.74, 6) is 1.35. The zero-order valence-corrected chi connectivity index (χ0v) is 17.7. The molecule has 1 atom stereocenters. The third kappa shape index (κ3) is 5.61. The lowest BCUT2D eigenvalue weighted by molar-refractivity contribution is -0.127. The Bertz CT molecular complexity index is 858. The number of nitrogens with zero attached hydrogens (tertiary/aromatic N) is 1. The van der Waals surface area contributed by atoms with Crippen LogP contribution in [-0.2, 0) is 4.79 Å². The summed E-state index contributed by atoms with van der Waals surface area (Å²) in [4.78, 5) is 12.2. The van der Waals surface area contributed by atoms with Gasteiger partial charge in [-0.3, -0.25) is 4.79 Å². The molecule has 1 unspecified atom stereocenters. The molecular formula is C19H20BrClN2O4. The zero-order chi connectivity index (χ0) is 20.0. The molecule has 8 heteroatoms. The second kappa shape index (κ2) is 9.62. The number of hydrogen-bond donors (Lipinski definition) is 1. The number of rotatable bonds is 7. The summed E-state index contributed by atoms with van der Waals surface area (Å²) in [5, 5.41) is 4.58. The van der Waals surface area contributed by atoms with Gasteiger partial charge in [-0.25, -0.2) is 5.43 Å². The maximum absolute atomic E-state index is 12.2. The summed E-state index contributed by atoms with van der Waals surface area (Å²) in [6.07, 6.45) is 0.782. The van der Waals surface area contributed by atoms with E-state index >= 15 is 0 Å². The molecule has 0 bridgehead atoms. The van der Waals surface area contributed by atoms with Gasteiger partial charge in [-0.2, -0.15) is 5.10 Å². The number of nitrogens with one attached hydrogen (secondary N) is 1. The average molecular weight is 456 g/mol.